The van der Waals surface area contributed by atoms with Gasteiger partial charge in [-0.25, -0.2) is 4.98 Å². The van der Waals surface area contributed by atoms with Gasteiger partial charge in [-0.1, -0.05) is 30.3 Å². The van der Waals surface area contributed by atoms with Crippen LogP contribution in [0, 0.1) is 13.8 Å². The maximum absolute atomic E-state index is 5.47. The fourth-order valence-electron chi connectivity index (χ4n) is 3.65. The van der Waals surface area contributed by atoms with Crippen LogP contribution in [0.3, 0.4) is 0 Å². The van der Waals surface area contributed by atoms with Crippen molar-refractivity contribution in [3.63, 3.8) is 0 Å². The van der Waals surface area contributed by atoms with Gasteiger partial charge in [-0.2, -0.15) is 9.61 Å². The molecule has 0 aliphatic carbocycles. The van der Waals surface area contributed by atoms with Gasteiger partial charge in [-0.05, 0) is 44.5 Å². The Bertz CT molecular complexity index is 1190. The molecule has 1 N–H and O–H groups in total. The first-order valence-electron chi connectivity index (χ1n) is 9.92. The number of hydrogen-bond acceptors (Lipinski definition) is 5. The van der Waals surface area contributed by atoms with E-state index in [1.54, 1.807) is 14.2 Å². The van der Waals surface area contributed by atoms with E-state index < -0.39 is 0 Å². The largest absolute Gasteiger partial charge is 0.493 e. The highest BCUT2D eigenvalue weighted by Gasteiger charge is 2.18. The molecule has 0 saturated heterocycles. The van der Waals surface area contributed by atoms with Crippen LogP contribution >= 0.6 is 0 Å². The first-order valence-corrected chi connectivity index (χ1v) is 9.92. The molecule has 0 amide bonds. The Morgan fingerprint density at radius 2 is 1.67 bits per heavy atom. The normalized spacial score (nSPS) is 12.0. The monoisotopic (exact) mass is 402 g/mol. The Hall–Kier alpha value is -3.54. The Kier molecular flexibility index (Phi) is 5.31. The van der Waals surface area contributed by atoms with E-state index >= 15 is 0 Å². The van der Waals surface area contributed by atoms with Crippen molar-refractivity contribution in [3.05, 3.63) is 71.4 Å². The van der Waals surface area contributed by atoms with E-state index in [4.69, 9.17) is 19.6 Å². The van der Waals surface area contributed by atoms with E-state index in [1.165, 1.54) is 5.56 Å². The van der Waals surface area contributed by atoms with E-state index in [1.807, 2.05) is 60.8 Å². The number of nitrogens with one attached hydrogen (secondary N) is 1. The summed E-state index contributed by atoms with van der Waals surface area (Å²) >= 11 is 0. The predicted molar refractivity (Wildman–Crippen MR) is 119 cm³/mol. The highest BCUT2D eigenvalue weighted by molar-refractivity contribution is 5.73. The van der Waals surface area contributed by atoms with Gasteiger partial charge < -0.3 is 14.8 Å². The second-order valence-electron chi connectivity index (χ2n) is 7.34. The lowest BCUT2D eigenvalue weighted by molar-refractivity contribution is 0.355. The van der Waals surface area contributed by atoms with Crippen LogP contribution in [0.4, 0.5) is 5.82 Å². The Labute approximate surface area is 176 Å². The molecule has 0 radical (unpaired) electrons. The van der Waals surface area contributed by atoms with Crippen LogP contribution in [0.15, 0.2) is 54.6 Å². The average molecular weight is 402 g/mol. The van der Waals surface area contributed by atoms with Gasteiger partial charge in [-0.3, -0.25) is 0 Å². The van der Waals surface area contributed by atoms with Gasteiger partial charge >= 0.3 is 0 Å². The van der Waals surface area contributed by atoms with E-state index in [-0.39, 0.29) is 6.04 Å². The van der Waals surface area contributed by atoms with Crippen molar-refractivity contribution >= 4 is 11.5 Å². The molecule has 154 valence electrons. The van der Waals surface area contributed by atoms with Gasteiger partial charge in [0.25, 0.3) is 0 Å². The number of anilines is 1. The molecule has 6 heteroatoms. The fourth-order valence-corrected chi connectivity index (χ4v) is 3.65. The summed E-state index contributed by atoms with van der Waals surface area (Å²) in [5, 5.41) is 8.49. The zero-order chi connectivity index (χ0) is 21.3. The number of benzene rings is 2. The van der Waals surface area contributed by atoms with Crippen LogP contribution in [-0.4, -0.2) is 28.8 Å². The molecule has 2 heterocycles. The maximum atomic E-state index is 5.47. The summed E-state index contributed by atoms with van der Waals surface area (Å²) < 4.78 is 12.7. The van der Waals surface area contributed by atoms with Crippen molar-refractivity contribution in [2.24, 2.45) is 0 Å². The van der Waals surface area contributed by atoms with Gasteiger partial charge in [0.15, 0.2) is 17.1 Å². The van der Waals surface area contributed by atoms with Crippen LogP contribution in [-0.2, 0) is 0 Å². The van der Waals surface area contributed by atoms with Crippen molar-refractivity contribution < 1.29 is 9.47 Å². The molecule has 0 spiro atoms. The van der Waals surface area contributed by atoms with Crippen molar-refractivity contribution in [2.45, 2.75) is 26.8 Å². The molecule has 30 heavy (non-hydrogen) atoms. The Morgan fingerprint density at radius 3 is 2.37 bits per heavy atom. The molecule has 6 nitrogen and oxygen atoms in total. The predicted octanol–water partition coefficient (Wildman–Crippen LogP) is 5.20. The molecule has 0 aliphatic heterocycles. The summed E-state index contributed by atoms with van der Waals surface area (Å²) in [6, 6.07) is 18.3. The number of ether oxygens (including phenoxy) is 2. The van der Waals surface area contributed by atoms with Gasteiger partial charge in [0, 0.05) is 28.9 Å². The lowest BCUT2D eigenvalue weighted by Crippen LogP contribution is -2.11. The molecular weight excluding hydrogens is 376 g/mol. The Morgan fingerprint density at radius 1 is 0.933 bits per heavy atom. The number of nitrogens with zero attached hydrogens (tertiary/aromatic N) is 3. The van der Waals surface area contributed by atoms with Crippen molar-refractivity contribution in [1.82, 2.24) is 14.6 Å². The summed E-state index contributed by atoms with van der Waals surface area (Å²) in [6.07, 6.45) is 0. The third-order valence-electron chi connectivity index (χ3n) is 5.27. The molecule has 0 bridgehead atoms. The van der Waals surface area contributed by atoms with Crippen molar-refractivity contribution in [1.29, 1.82) is 0 Å². The smallest absolute Gasteiger partial charge is 0.161 e. The number of hydrogen-bond donors (Lipinski definition) is 1. The number of methoxy groups -OCH3 is 2. The minimum Gasteiger partial charge on any atom is -0.493 e. The van der Waals surface area contributed by atoms with Gasteiger partial charge in [0.05, 0.1) is 19.9 Å². The lowest BCUT2D eigenvalue weighted by Gasteiger charge is -2.16. The second-order valence-corrected chi connectivity index (χ2v) is 7.34. The topological polar surface area (TPSA) is 60.7 Å². The Balaban J connectivity index is 1.79. The van der Waals surface area contributed by atoms with Crippen LogP contribution < -0.4 is 14.8 Å². The van der Waals surface area contributed by atoms with E-state index in [0.29, 0.717) is 11.5 Å². The maximum Gasteiger partial charge on any atom is 0.161 e. The second kappa shape index (κ2) is 8.06. The van der Waals surface area contributed by atoms with Crippen molar-refractivity contribution in [3.8, 4) is 22.8 Å². The summed E-state index contributed by atoms with van der Waals surface area (Å²) in [6.45, 7) is 6.19. The van der Waals surface area contributed by atoms with Crippen LogP contribution in [0.25, 0.3) is 16.9 Å². The standard InChI is InChI=1S/C24H26N4O2/c1-15-13-22(26-17(3)18-9-7-6-8-10-18)28-24(25-15)16(2)23(27-28)19-11-12-20(29-4)21(14-19)30-5/h6-14,17,26H,1-5H3/t17-/m1/s1. The molecule has 0 fully saturated rings. The molecule has 1 atom stereocenters. The summed E-state index contributed by atoms with van der Waals surface area (Å²) in [7, 11) is 3.27. The number of fused-ring (bicyclic) bond motifs is 1. The average Bonchev–Trinajstić information content (AvgIpc) is 3.10. The molecular formula is C24H26N4O2. The van der Waals surface area contributed by atoms with Crippen molar-refractivity contribution in [2.75, 3.05) is 19.5 Å². The molecule has 0 saturated carbocycles. The quantitative estimate of drug-likeness (QED) is 0.480. The fraction of sp³-hybridized carbons (Fsp3) is 0.250. The highest BCUT2D eigenvalue weighted by atomic mass is 16.5. The van der Waals surface area contributed by atoms with E-state index in [2.05, 4.69) is 24.4 Å². The number of rotatable bonds is 6. The molecule has 4 rings (SSSR count). The van der Waals surface area contributed by atoms with Crippen LogP contribution in [0.1, 0.15) is 29.8 Å². The van der Waals surface area contributed by atoms with Crippen LogP contribution in [0.2, 0.25) is 0 Å². The lowest BCUT2D eigenvalue weighted by atomic mass is 10.1. The van der Waals surface area contributed by atoms with Gasteiger partial charge in [0.2, 0.25) is 0 Å². The zero-order valence-corrected chi connectivity index (χ0v) is 17.9. The molecule has 2 aromatic carbocycles. The highest BCUT2D eigenvalue weighted by Crippen LogP contribution is 2.34. The molecule has 0 unspecified atom stereocenters. The van der Waals surface area contributed by atoms with Gasteiger partial charge in [0.1, 0.15) is 5.82 Å². The summed E-state index contributed by atoms with van der Waals surface area (Å²) in [4.78, 5) is 4.74. The first-order chi connectivity index (χ1) is 14.5. The van der Waals surface area contributed by atoms with E-state index in [0.717, 1.165) is 34.0 Å². The molecule has 2 aromatic heterocycles. The minimum absolute atomic E-state index is 0.130. The van der Waals surface area contributed by atoms with Gasteiger partial charge in [-0.15, -0.1) is 0 Å². The molecule has 4 aromatic rings. The SMILES string of the molecule is COc1ccc(-c2nn3c(N[C@H](C)c4ccccc4)cc(C)nc3c2C)cc1OC. The summed E-state index contributed by atoms with van der Waals surface area (Å²) in [5.74, 6) is 2.27. The number of aryl methyl sites for hydroxylation is 2. The third kappa shape index (κ3) is 3.56. The third-order valence-corrected chi connectivity index (χ3v) is 5.27. The number of aromatic nitrogens is 3. The molecule has 0 aliphatic rings. The first kappa shape index (κ1) is 19.8. The summed E-state index contributed by atoms with van der Waals surface area (Å²) in [5.41, 5.74) is 5.82. The minimum atomic E-state index is 0.130. The van der Waals surface area contributed by atoms with Crippen LogP contribution in [0.5, 0.6) is 11.5 Å². The zero-order valence-electron chi connectivity index (χ0n) is 17.9. The van der Waals surface area contributed by atoms with E-state index in [9.17, 15) is 0 Å².